The average Bonchev–Trinajstić information content (AvgIpc) is 3.14. The highest BCUT2D eigenvalue weighted by Gasteiger charge is 2.76. The minimum absolute atomic E-state index is 0.0895. The molecule has 2 saturated carbocycles. The Hall–Kier alpha value is -2.12. The highest BCUT2D eigenvalue weighted by Crippen LogP contribution is 2.61. The summed E-state index contributed by atoms with van der Waals surface area (Å²) < 4.78 is 15.3. The van der Waals surface area contributed by atoms with Crippen LogP contribution in [0.5, 0.6) is 0 Å². The molecule has 0 spiro atoms. The third kappa shape index (κ3) is 3.62. The lowest BCUT2D eigenvalue weighted by Gasteiger charge is -2.31. The highest BCUT2D eigenvalue weighted by molar-refractivity contribution is 6.04. The number of carbonyl (C=O) groups is 4. The summed E-state index contributed by atoms with van der Waals surface area (Å²) in [5.41, 5.74) is -2.36. The van der Waals surface area contributed by atoms with Gasteiger partial charge in [-0.15, -0.1) is 0 Å². The molecule has 0 bridgehead atoms. The zero-order valence-corrected chi connectivity index (χ0v) is 15.2. The number of Topliss-reactive ketones (excluding diaryl/α,β-unsaturated/α-hetero) is 1. The number of ether oxygens (including phenoxy) is 3. The van der Waals surface area contributed by atoms with E-state index in [4.69, 9.17) is 14.2 Å². The van der Waals surface area contributed by atoms with E-state index in [0.29, 0.717) is 0 Å². The van der Waals surface area contributed by atoms with Gasteiger partial charge in [-0.2, -0.15) is 0 Å². The third-order valence-electron chi connectivity index (χ3n) is 4.34. The van der Waals surface area contributed by atoms with Crippen LogP contribution < -0.4 is 5.32 Å². The lowest BCUT2D eigenvalue weighted by molar-refractivity contribution is -0.154. The van der Waals surface area contributed by atoms with Crippen LogP contribution in [0.15, 0.2) is 0 Å². The van der Waals surface area contributed by atoms with Gasteiger partial charge >= 0.3 is 18.0 Å². The normalized spacial score (nSPS) is 30.3. The zero-order valence-electron chi connectivity index (χ0n) is 15.2. The van der Waals surface area contributed by atoms with Gasteiger partial charge in [0.15, 0.2) is 5.54 Å². The van der Waals surface area contributed by atoms with E-state index in [1.54, 1.807) is 34.6 Å². The van der Waals surface area contributed by atoms with Crippen molar-refractivity contribution in [1.82, 2.24) is 5.32 Å². The first-order chi connectivity index (χ1) is 11.6. The summed E-state index contributed by atoms with van der Waals surface area (Å²) in [5, 5.41) is 2.52. The number of carbonyl (C=O) groups excluding carboxylic acids is 4. The van der Waals surface area contributed by atoms with Gasteiger partial charge < -0.3 is 19.5 Å². The van der Waals surface area contributed by atoms with Crippen LogP contribution in [0.25, 0.3) is 0 Å². The minimum atomic E-state index is -1.59. The second kappa shape index (κ2) is 6.65. The first-order valence-electron chi connectivity index (χ1n) is 8.45. The minimum Gasteiger partial charge on any atom is -0.466 e. The van der Waals surface area contributed by atoms with Gasteiger partial charge in [0.2, 0.25) is 0 Å². The van der Waals surface area contributed by atoms with Crippen LogP contribution in [0.2, 0.25) is 0 Å². The molecule has 0 aromatic carbocycles. The molecule has 8 heteroatoms. The highest BCUT2D eigenvalue weighted by atomic mass is 16.6. The lowest BCUT2D eigenvalue weighted by atomic mass is 9.90. The second-order valence-corrected chi connectivity index (χ2v) is 7.29. The molecular weight excluding hydrogens is 330 g/mol. The number of rotatable bonds is 5. The summed E-state index contributed by atoms with van der Waals surface area (Å²) in [6.45, 7) is 8.61. The van der Waals surface area contributed by atoms with Crippen molar-refractivity contribution in [3.05, 3.63) is 0 Å². The molecule has 2 fully saturated rings. The van der Waals surface area contributed by atoms with E-state index < -0.39 is 46.9 Å². The fourth-order valence-electron chi connectivity index (χ4n) is 3.50. The number of hydrogen-bond acceptors (Lipinski definition) is 7. The van der Waals surface area contributed by atoms with Crippen LogP contribution in [0.4, 0.5) is 4.79 Å². The van der Waals surface area contributed by atoms with Crippen LogP contribution in [0, 0.1) is 17.8 Å². The number of amides is 1. The third-order valence-corrected chi connectivity index (χ3v) is 4.34. The van der Waals surface area contributed by atoms with E-state index in [9.17, 15) is 19.2 Å². The van der Waals surface area contributed by atoms with Crippen LogP contribution in [0.1, 0.15) is 41.0 Å². The quantitative estimate of drug-likeness (QED) is 0.583. The van der Waals surface area contributed by atoms with Crippen molar-refractivity contribution in [1.29, 1.82) is 0 Å². The Balaban J connectivity index is 2.27. The van der Waals surface area contributed by atoms with Gasteiger partial charge in [-0.1, -0.05) is 0 Å². The molecule has 8 nitrogen and oxygen atoms in total. The summed E-state index contributed by atoms with van der Waals surface area (Å²) in [6.07, 6.45) is -1.04. The maximum Gasteiger partial charge on any atom is 0.408 e. The molecule has 0 aromatic rings. The van der Waals surface area contributed by atoms with Crippen LogP contribution in [0.3, 0.4) is 0 Å². The van der Waals surface area contributed by atoms with Crippen molar-refractivity contribution in [3.63, 3.8) is 0 Å². The molecule has 25 heavy (non-hydrogen) atoms. The van der Waals surface area contributed by atoms with Crippen LogP contribution >= 0.6 is 0 Å². The standard InChI is InChI=1S/C17H25NO7/c1-6-23-13(20)11-10-9(19)8-17(12(10)11,14(21)24-7-2)18-15(22)25-16(3,4)5/h10-12H,6-8H2,1-5H3,(H,18,22)/t10-,11-,12?,17-/m1/s1. The smallest absolute Gasteiger partial charge is 0.408 e. The molecule has 0 aliphatic heterocycles. The number of hydrogen-bond donors (Lipinski definition) is 1. The molecule has 0 aromatic heterocycles. The van der Waals surface area contributed by atoms with E-state index in [1.165, 1.54) is 0 Å². The Morgan fingerprint density at radius 1 is 1.16 bits per heavy atom. The molecule has 1 N–H and O–H groups in total. The molecule has 2 aliphatic rings. The Kier molecular flexibility index (Phi) is 5.11. The maximum absolute atomic E-state index is 12.6. The monoisotopic (exact) mass is 355 g/mol. The largest absolute Gasteiger partial charge is 0.466 e. The van der Waals surface area contributed by atoms with Gasteiger partial charge in [-0.25, -0.2) is 9.59 Å². The number of esters is 2. The fraction of sp³-hybridized carbons (Fsp3) is 0.765. The molecule has 0 radical (unpaired) electrons. The van der Waals surface area contributed by atoms with E-state index >= 15 is 0 Å². The molecule has 1 unspecified atom stereocenters. The summed E-state index contributed by atoms with van der Waals surface area (Å²) in [7, 11) is 0. The number of fused-ring (bicyclic) bond motifs is 1. The van der Waals surface area contributed by atoms with Gasteiger partial charge in [-0.3, -0.25) is 9.59 Å². The van der Waals surface area contributed by atoms with Gasteiger partial charge in [0.05, 0.1) is 19.1 Å². The van der Waals surface area contributed by atoms with Crippen molar-refractivity contribution in [2.75, 3.05) is 13.2 Å². The summed E-state index contributed by atoms with van der Waals surface area (Å²) >= 11 is 0. The summed E-state index contributed by atoms with van der Waals surface area (Å²) in [5.74, 6) is -3.55. The fourth-order valence-corrected chi connectivity index (χ4v) is 3.50. The predicted octanol–water partition coefficient (Wildman–Crippen LogP) is 1.21. The van der Waals surface area contributed by atoms with Crippen molar-refractivity contribution >= 4 is 23.8 Å². The van der Waals surface area contributed by atoms with Crippen LogP contribution in [-0.2, 0) is 28.6 Å². The number of ketones is 1. The Morgan fingerprint density at radius 3 is 2.28 bits per heavy atom. The SMILES string of the molecule is CCOC(=O)[C@H]1C2[C@@H]1C(=O)C[C@]2(NC(=O)OC(C)(C)C)C(=O)OCC. The second-order valence-electron chi connectivity index (χ2n) is 7.29. The molecule has 2 aliphatic carbocycles. The van der Waals surface area contributed by atoms with E-state index in [2.05, 4.69) is 5.32 Å². The molecule has 0 saturated heterocycles. The van der Waals surface area contributed by atoms with E-state index in [-0.39, 0.29) is 25.4 Å². The number of nitrogens with one attached hydrogen (secondary N) is 1. The predicted molar refractivity (Wildman–Crippen MR) is 85.5 cm³/mol. The van der Waals surface area contributed by atoms with E-state index in [1.807, 2.05) is 0 Å². The van der Waals surface area contributed by atoms with Gasteiger partial charge in [0.1, 0.15) is 11.4 Å². The average molecular weight is 355 g/mol. The van der Waals surface area contributed by atoms with Crippen molar-refractivity contribution in [3.8, 4) is 0 Å². The van der Waals surface area contributed by atoms with Gasteiger partial charge in [0, 0.05) is 18.3 Å². The molecular formula is C17H25NO7. The zero-order chi connectivity index (χ0) is 19.0. The van der Waals surface area contributed by atoms with E-state index in [0.717, 1.165) is 0 Å². The van der Waals surface area contributed by atoms with Crippen molar-refractivity contribution in [2.24, 2.45) is 17.8 Å². The molecule has 1 amide bonds. The summed E-state index contributed by atoms with van der Waals surface area (Å²) in [6, 6.07) is 0. The first kappa shape index (κ1) is 19.2. The molecule has 140 valence electrons. The topological polar surface area (TPSA) is 108 Å². The lowest BCUT2D eigenvalue weighted by Crippen LogP contribution is -2.58. The van der Waals surface area contributed by atoms with Crippen molar-refractivity contribution in [2.45, 2.75) is 52.2 Å². The summed E-state index contributed by atoms with van der Waals surface area (Å²) in [4.78, 5) is 49.2. The number of alkyl carbamates (subject to hydrolysis) is 1. The van der Waals surface area contributed by atoms with Crippen LogP contribution in [-0.4, -0.2) is 48.2 Å². The van der Waals surface area contributed by atoms with Gasteiger partial charge in [-0.05, 0) is 34.6 Å². The molecule has 0 heterocycles. The first-order valence-corrected chi connectivity index (χ1v) is 8.45. The van der Waals surface area contributed by atoms with Gasteiger partial charge in [0.25, 0.3) is 0 Å². The molecule has 4 atom stereocenters. The Morgan fingerprint density at radius 2 is 1.76 bits per heavy atom. The Bertz CT molecular complexity index is 594. The maximum atomic E-state index is 12.6. The van der Waals surface area contributed by atoms with Crippen molar-refractivity contribution < 1.29 is 33.4 Å². The molecule has 2 rings (SSSR count). The Labute approximate surface area is 146 Å².